The highest BCUT2D eigenvalue weighted by atomic mass is 16.6. The molecule has 1 aromatic rings. The van der Waals surface area contributed by atoms with Gasteiger partial charge in [-0.25, -0.2) is 0 Å². The molecule has 12 atom stereocenters. The Kier molecular flexibility index (Phi) is 4.78. The van der Waals surface area contributed by atoms with Gasteiger partial charge in [0.1, 0.15) is 11.9 Å². The molecule has 2 saturated heterocycles. The summed E-state index contributed by atoms with van der Waals surface area (Å²) in [6, 6.07) is 7.81. The van der Waals surface area contributed by atoms with Crippen molar-refractivity contribution in [2.45, 2.75) is 77.4 Å². The van der Waals surface area contributed by atoms with E-state index < -0.39 is 34.7 Å². The number of aliphatic hydroxyl groups is 1. The van der Waals surface area contributed by atoms with Gasteiger partial charge in [-0.15, -0.1) is 6.58 Å². The molecule has 7 aliphatic rings. The van der Waals surface area contributed by atoms with E-state index in [0.717, 1.165) is 24.2 Å². The number of rotatable bonds is 1. The molecular formula is C32H39NO5. The predicted octanol–water partition coefficient (Wildman–Crippen LogP) is 4.22. The summed E-state index contributed by atoms with van der Waals surface area (Å²) < 4.78 is 13.0. The number of ketones is 1. The summed E-state index contributed by atoms with van der Waals surface area (Å²) in [5, 5.41) is 14.3. The summed E-state index contributed by atoms with van der Waals surface area (Å²) in [5.41, 5.74) is -1.91. The molecule has 2 N–H and O–H groups in total. The zero-order valence-corrected chi connectivity index (χ0v) is 23.0. The topological polar surface area (TPSA) is 88.2 Å². The molecule has 6 heteroatoms. The molecule has 4 heterocycles. The third-order valence-corrected chi connectivity index (χ3v) is 11.3. The first kappa shape index (κ1) is 24.6. The minimum atomic E-state index is -1.67. The molecule has 0 spiro atoms. The molecule has 4 bridgehead atoms. The lowest BCUT2D eigenvalue weighted by molar-refractivity contribution is -0.144. The van der Waals surface area contributed by atoms with Crippen LogP contribution in [0.4, 0.5) is 0 Å². The predicted molar refractivity (Wildman–Crippen MR) is 142 cm³/mol. The highest BCUT2D eigenvalue weighted by molar-refractivity contribution is 6.16. The summed E-state index contributed by atoms with van der Waals surface area (Å²) in [7, 11) is 0. The van der Waals surface area contributed by atoms with E-state index in [-0.39, 0.29) is 41.5 Å². The van der Waals surface area contributed by atoms with Crippen LogP contribution in [0.2, 0.25) is 0 Å². The number of ether oxygens (including phenoxy) is 2. The Morgan fingerprint density at radius 2 is 1.84 bits per heavy atom. The third-order valence-electron chi connectivity index (χ3n) is 11.3. The van der Waals surface area contributed by atoms with Crippen molar-refractivity contribution in [3.8, 4) is 5.75 Å². The van der Waals surface area contributed by atoms with Gasteiger partial charge in [-0.1, -0.05) is 57.6 Å². The molecule has 0 aromatic heterocycles. The van der Waals surface area contributed by atoms with Crippen LogP contribution in [-0.2, 0) is 20.7 Å². The van der Waals surface area contributed by atoms with Crippen molar-refractivity contribution < 1.29 is 24.2 Å². The minimum Gasteiger partial charge on any atom is -0.490 e. The van der Waals surface area contributed by atoms with Crippen LogP contribution < -0.4 is 10.1 Å². The summed E-state index contributed by atoms with van der Waals surface area (Å²) in [5.74, 6) is 0.686. The number of carbonyl (C=O) groups is 2. The zero-order valence-electron chi connectivity index (χ0n) is 23.0. The van der Waals surface area contributed by atoms with E-state index in [0.29, 0.717) is 11.8 Å². The van der Waals surface area contributed by atoms with Crippen molar-refractivity contribution in [2.24, 2.45) is 46.3 Å². The SMILES string of the molecule is C=C[C@@]1(C)C=C(C)[C@@H]2[C@@H]3[C@H](Oc4ccc(cc4)C[C@]4(O)NC(=O)[C@]5(O[C@H]54)C(=O)[C@H]31)[C@@H]1[C@@H](C)C[C@@H](C)C[C@]12C. The van der Waals surface area contributed by atoms with Crippen molar-refractivity contribution in [3.05, 3.63) is 54.1 Å². The lowest BCUT2D eigenvalue weighted by Crippen LogP contribution is -2.54. The second-order valence-electron chi connectivity index (χ2n) is 13.9. The lowest BCUT2D eigenvalue weighted by Gasteiger charge is -2.50. The molecule has 202 valence electrons. The van der Waals surface area contributed by atoms with Crippen LogP contribution in [-0.4, -0.2) is 40.3 Å². The number of Topliss-reactive ketones (excluding diaryl/α,β-unsaturated/α-hetero) is 1. The van der Waals surface area contributed by atoms with Gasteiger partial charge in [-0.2, -0.15) is 0 Å². The number of hydrogen-bond acceptors (Lipinski definition) is 5. The van der Waals surface area contributed by atoms with Crippen molar-refractivity contribution in [3.63, 3.8) is 0 Å². The number of fused-ring (bicyclic) bond motifs is 4. The smallest absolute Gasteiger partial charge is 0.265 e. The van der Waals surface area contributed by atoms with Crippen LogP contribution in [0.1, 0.15) is 53.0 Å². The summed E-state index contributed by atoms with van der Waals surface area (Å²) in [4.78, 5) is 28.3. The monoisotopic (exact) mass is 517 g/mol. The van der Waals surface area contributed by atoms with E-state index in [9.17, 15) is 14.7 Å². The van der Waals surface area contributed by atoms with Crippen LogP contribution >= 0.6 is 0 Å². The fourth-order valence-corrected chi connectivity index (χ4v) is 10.3. The number of allylic oxidation sites excluding steroid dienone is 3. The molecule has 2 saturated carbocycles. The van der Waals surface area contributed by atoms with Crippen molar-refractivity contribution in [1.82, 2.24) is 5.32 Å². The third kappa shape index (κ3) is 2.86. The summed E-state index contributed by atoms with van der Waals surface area (Å²) in [6.45, 7) is 15.5. The van der Waals surface area contributed by atoms with Crippen LogP contribution in [0, 0.1) is 46.3 Å². The van der Waals surface area contributed by atoms with Crippen molar-refractivity contribution in [1.29, 1.82) is 0 Å². The van der Waals surface area contributed by atoms with E-state index in [1.807, 2.05) is 30.3 Å². The van der Waals surface area contributed by atoms with Gasteiger partial charge in [0.05, 0.1) is 0 Å². The van der Waals surface area contributed by atoms with Gasteiger partial charge >= 0.3 is 0 Å². The molecule has 1 amide bonds. The number of hydrogen-bond donors (Lipinski definition) is 2. The largest absolute Gasteiger partial charge is 0.490 e. The maximum atomic E-state index is 14.8. The molecule has 0 unspecified atom stereocenters. The molecule has 3 aliphatic carbocycles. The average molecular weight is 518 g/mol. The molecule has 1 aromatic carbocycles. The first-order valence-corrected chi connectivity index (χ1v) is 14.2. The Balaban J connectivity index is 1.48. The molecule has 38 heavy (non-hydrogen) atoms. The Morgan fingerprint density at radius 1 is 1.13 bits per heavy atom. The molecule has 4 fully saturated rings. The van der Waals surface area contributed by atoms with E-state index in [2.05, 4.69) is 52.6 Å². The van der Waals surface area contributed by atoms with Crippen molar-refractivity contribution >= 4 is 11.7 Å². The quantitative estimate of drug-likeness (QED) is 0.331. The fraction of sp³-hybridized carbons (Fsp3) is 0.625. The Morgan fingerprint density at radius 3 is 2.50 bits per heavy atom. The fourth-order valence-electron chi connectivity index (χ4n) is 10.3. The maximum Gasteiger partial charge on any atom is 0.265 e. The van der Waals surface area contributed by atoms with E-state index in [1.165, 1.54) is 5.57 Å². The van der Waals surface area contributed by atoms with Gasteiger partial charge < -0.3 is 19.9 Å². The average Bonchev–Trinajstić information content (AvgIpc) is 3.50. The summed E-state index contributed by atoms with van der Waals surface area (Å²) in [6.07, 6.45) is 5.33. The number of carbonyl (C=O) groups excluding carboxylic acids is 2. The molecule has 0 radical (unpaired) electrons. The minimum absolute atomic E-state index is 0.0504. The lowest BCUT2D eigenvalue weighted by atomic mass is 9.53. The van der Waals surface area contributed by atoms with Gasteiger partial charge in [-0.3, -0.25) is 9.59 Å². The molecule has 4 aliphatic heterocycles. The Bertz CT molecular complexity index is 1290. The number of nitrogens with one attached hydrogen (secondary N) is 1. The van der Waals surface area contributed by atoms with E-state index in [1.54, 1.807) is 0 Å². The first-order valence-electron chi connectivity index (χ1n) is 14.2. The van der Waals surface area contributed by atoms with E-state index in [4.69, 9.17) is 9.47 Å². The van der Waals surface area contributed by atoms with E-state index >= 15 is 0 Å². The van der Waals surface area contributed by atoms with Crippen LogP contribution in [0.3, 0.4) is 0 Å². The Labute approximate surface area is 224 Å². The Hall–Kier alpha value is -2.44. The van der Waals surface area contributed by atoms with Gasteiger partial charge in [0.2, 0.25) is 5.60 Å². The second-order valence-corrected chi connectivity index (χ2v) is 13.9. The standard InChI is InChI=1S/C32H39NO5/c1-7-29(5)14-18(4)22-21-24(29)26(34)32-27(38-32)31(36,33-28(32)35)15-19-8-10-20(11-9-19)37-25(21)23-17(3)12-16(2)13-30(22,23)6/h7-11,14,16-17,21-25,27,36H,1,12-13,15H2,2-6H3,(H,33,35)/t16-,17+,21+,22-,23+,24+,25+,27+,29+,30+,31-,32+/m1/s1. The highest BCUT2D eigenvalue weighted by Gasteiger charge is 2.82. The normalized spacial score (nSPS) is 52.2. The number of morpholine rings is 1. The highest BCUT2D eigenvalue weighted by Crippen LogP contribution is 2.69. The van der Waals surface area contributed by atoms with Gasteiger partial charge in [0, 0.05) is 29.6 Å². The number of benzene rings is 1. The van der Waals surface area contributed by atoms with Crippen LogP contribution in [0.15, 0.2) is 48.6 Å². The molecule has 8 rings (SSSR count). The van der Waals surface area contributed by atoms with Gasteiger partial charge in [0.15, 0.2) is 17.6 Å². The van der Waals surface area contributed by atoms with Gasteiger partial charge in [0.25, 0.3) is 5.91 Å². The molecule has 6 nitrogen and oxygen atoms in total. The summed E-state index contributed by atoms with van der Waals surface area (Å²) >= 11 is 0. The number of amides is 1. The number of epoxide rings is 1. The van der Waals surface area contributed by atoms with Crippen LogP contribution in [0.5, 0.6) is 5.75 Å². The maximum absolute atomic E-state index is 14.8. The second kappa shape index (κ2) is 7.39. The zero-order chi connectivity index (χ0) is 27.0. The van der Waals surface area contributed by atoms with Crippen molar-refractivity contribution in [2.75, 3.05) is 0 Å². The van der Waals surface area contributed by atoms with Crippen LogP contribution in [0.25, 0.3) is 0 Å². The first-order chi connectivity index (χ1) is 17.9. The molecular weight excluding hydrogens is 478 g/mol. The van der Waals surface area contributed by atoms with Gasteiger partial charge in [-0.05, 0) is 60.6 Å².